The molecule has 0 spiro atoms. The van der Waals surface area contributed by atoms with Gasteiger partial charge in [-0.05, 0) is 22.5 Å². The van der Waals surface area contributed by atoms with Crippen LogP contribution in [0.3, 0.4) is 0 Å². The summed E-state index contributed by atoms with van der Waals surface area (Å²) in [5.41, 5.74) is 2.28. The van der Waals surface area contributed by atoms with Crippen molar-refractivity contribution in [2.75, 3.05) is 0 Å². The molecule has 88 valence electrons. The summed E-state index contributed by atoms with van der Waals surface area (Å²) in [4.78, 5) is 4.39. The van der Waals surface area contributed by atoms with Gasteiger partial charge in [0.25, 0.3) is 0 Å². The third kappa shape index (κ3) is 1.76. The van der Waals surface area contributed by atoms with Gasteiger partial charge in [0.05, 0.1) is 0 Å². The normalized spacial score (nSPS) is 10.8. The van der Waals surface area contributed by atoms with Gasteiger partial charge in [-0.2, -0.15) is 0 Å². The zero-order valence-electron chi connectivity index (χ0n) is 9.94. The Morgan fingerprint density at radius 3 is 2.83 bits per heavy atom. The van der Waals surface area contributed by atoms with Gasteiger partial charge in [-0.25, -0.2) is 0 Å². The van der Waals surface area contributed by atoms with Crippen LogP contribution in [-0.4, -0.2) is 4.98 Å². The molecule has 1 aromatic heterocycles. The van der Waals surface area contributed by atoms with Gasteiger partial charge in [0.1, 0.15) is 0 Å². The van der Waals surface area contributed by atoms with E-state index in [-0.39, 0.29) is 5.82 Å². The monoisotopic (exact) mass is 236 g/mol. The first-order valence-corrected chi connectivity index (χ1v) is 5.77. The second kappa shape index (κ2) is 4.22. The summed E-state index contributed by atoms with van der Waals surface area (Å²) in [6, 6.07) is 16.1. The third-order valence-electron chi connectivity index (χ3n) is 3.02. The van der Waals surface area contributed by atoms with E-state index in [0.29, 0.717) is 5.56 Å². The molecule has 0 N–H and O–H groups in total. The van der Waals surface area contributed by atoms with Crippen molar-refractivity contribution in [1.29, 1.82) is 0 Å². The molecule has 18 heavy (non-hydrogen) atoms. The van der Waals surface area contributed by atoms with Gasteiger partial charge >= 0.3 is 0 Å². The number of fused-ring (bicyclic) bond motifs is 1. The molecule has 0 fully saturated rings. The Morgan fingerprint density at radius 1 is 1.17 bits per heavy atom. The number of hydrogen-bond donors (Lipinski definition) is 0. The van der Waals surface area contributed by atoms with Gasteiger partial charge in [0, 0.05) is 12.0 Å². The van der Waals surface area contributed by atoms with Crippen LogP contribution in [0.4, 0.5) is 4.39 Å². The van der Waals surface area contributed by atoms with Crippen LogP contribution in [-0.2, 0) is 0 Å². The van der Waals surface area contributed by atoms with E-state index in [1.165, 1.54) is 6.07 Å². The van der Waals surface area contributed by atoms with E-state index in [4.69, 9.17) is 0 Å². The molecular weight excluding hydrogens is 225 g/mol. The highest BCUT2D eigenvalue weighted by molar-refractivity contribution is 5.94. The molecular formula is C16H11FN-. The molecule has 3 rings (SSSR count). The summed E-state index contributed by atoms with van der Waals surface area (Å²) in [6.07, 6.45) is 1.77. The van der Waals surface area contributed by atoms with Crippen molar-refractivity contribution in [2.24, 2.45) is 0 Å². The SMILES string of the molecule is Cc1cc(-c2nccc3ccccc23)[c-]cc1F. The van der Waals surface area contributed by atoms with E-state index in [2.05, 4.69) is 11.1 Å². The molecule has 2 heteroatoms. The molecule has 0 aliphatic rings. The van der Waals surface area contributed by atoms with Crippen molar-refractivity contribution in [2.45, 2.75) is 6.92 Å². The maximum atomic E-state index is 13.3. The highest BCUT2D eigenvalue weighted by Gasteiger charge is 1.99. The molecule has 0 bridgehead atoms. The lowest BCUT2D eigenvalue weighted by Crippen LogP contribution is -1.89. The molecule has 2 aromatic carbocycles. The van der Waals surface area contributed by atoms with Gasteiger partial charge in [-0.1, -0.05) is 36.8 Å². The Labute approximate surface area is 105 Å². The zero-order valence-corrected chi connectivity index (χ0v) is 9.94. The number of nitrogens with zero attached hydrogens (tertiary/aromatic N) is 1. The van der Waals surface area contributed by atoms with E-state index in [0.717, 1.165) is 22.0 Å². The second-order valence-corrected chi connectivity index (χ2v) is 4.26. The van der Waals surface area contributed by atoms with Crippen LogP contribution in [0.15, 0.2) is 48.7 Å². The summed E-state index contributed by atoms with van der Waals surface area (Å²) in [6.45, 7) is 1.75. The lowest BCUT2D eigenvalue weighted by atomic mass is 10.0. The predicted molar refractivity (Wildman–Crippen MR) is 70.7 cm³/mol. The maximum absolute atomic E-state index is 13.3. The molecule has 1 heterocycles. The molecule has 3 aromatic rings. The summed E-state index contributed by atoms with van der Waals surface area (Å²) in [5, 5.41) is 2.18. The van der Waals surface area contributed by atoms with E-state index in [1.54, 1.807) is 19.2 Å². The van der Waals surface area contributed by atoms with Crippen LogP contribution < -0.4 is 0 Å². The van der Waals surface area contributed by atoms with Crippen molar-refractivity contribution >= 4 is 10.8 Å². The summed E-state index contributed by atoms with van der Waals surface area (Å²) >= 11 is 0. The molecule has 0 saturated carbocycles. The number of rotatable bonds is 1. The Hall–Kier alpha value is -2.22. The lowest BCUT2D eigenvalue weighted by Gasteiger charge is -2.13. The second-order valence-electron chi connectivity index (χ2n) is 4.26. The maximum Gasteiger partial charge on any atom is 0.0408 e. The Balaban J connectivity index is 2.28. The first kappa shape index (κ1) is 10.9. The topological polar surface area (TPSA) is 12.9 Å². The lowest BCUT2D eigenvalue weighted by molar-refractivity contribution is 0.618. The average Bonchev–Trinajstić information content (AvgIpc) is 2.41. The number of halogens is 1. The van der Waals surface area contributed by atoms with Gasteiger partial charge in [-0.15, -0.1) is 23.8 Å². The van der Waals surface area contributed by atoms with Crippen molar-refractivity contribution in [1.82, 2.24) is 4.98 Å². The minimum Gasteiger partial charge on any atom is -0.304 e. The summed E-state index contributed by atoms with van der Waals surface area (Å²) in [5.74, 6) is -0.237. The molecule has 0 radical (unpaired) electrons. The molecule has 0 aliphatic carbocycles. The highest BCUT2D eigenvalue weighted by atomic mass is 19.1. The summed E-state index contributed by atoms with van der Waals surface area (Å²) in [7, 11) is 0. The van der Waals surface area contributed by atoms with Crippen molar-refractivity contribution in [3.05, 3.63) is 66.1 Å². The largest absolute Gasteiger partial charge is 0.304 e. The first-order chi connectivity index (χ1) is 8.75. The molecule has 1 nitrogen and oxygen atoms in total. The zero-order chi connectivity index (χ0) is 12.5. The fourth-order valence-corrected chi connectivity index (χ4v) is 2.05. The van der Waals surface area contributed by atoms with Gasteiger partial charge in [0.2, 0.25) is 0 Å². The Bertz CT molecular complexity index is 714. The first-order valence-electron chi connectivity index (χ1n) is 5.77. The van der Waals surface area contributed by atoms with Crippen LogP contribution in [0.5, 0.6) is 0 Å². The van der Waals surface area contributed by atoms with Crippen molar-refractivity contribution in [3.63, 3.8) is 0 Å². The van der Waals surface area contributed by atoms with Gasteiger partial charge in [0.15, 0.2) is 0 Å². The number of benzene rings is 2. The van der Waals surface area contributed by atoms with E-state index < -0.39 is 0 Å². The fourth-order valence-electron chi connectivity index (χ4n) is 2.05. The Kier molecular flexibility index (Phi) is 2.56. The van der Waals surface area contributed by atoms with Gasteiger partial charge < -0.3 is 4.98 Å². The minimum atomic E-state index is -0.237. The smallest absolute Gasteiger partial charge is 0.0408 e. The molecule has 0 amide bonds. The molecule has 0 aliphatic heterocycles. The molecule has 0 atom stereocenters. The summed E-state index contributed by atoms with van der Waals surface area (Å²) < 4.78 is 13.3. The van der Waals surface area contributed by atoms with Crippen molar-refractivity contribution < 1.29 is 4.39 Å². The standard InChI is InChI=1S/C16H11FN/c1-11-10-13(6-7-15(11)17)16-14-5-3-2-4-12(14)8-9-18-16/h2-5,7-10H,1H3/q-1. The van der Waals surface area contributed by atoms with E-state index >= 15 is 0 Å². The minimum absolute atomic E-state index is 0.237. The van der Waals surface area contributed by atoms with Crippen LogP contribution in [0.25, 0.3) is 22.0 Å². The number of aromatic nitrogens is 1. The van der Waals surface area contributed by atoms with Gasteiger partial charge in [-0.3, -0.25) is 4.39 Å². The third-order valence-corrected chi connectivity index (χ3v) is 3.02. The van der Waals surface area contributed by atoms with Crippen molar-refractivity contribution in [3.8, 4) is 11.3 Å². The quantitative estimate of drug-likeness (QED) is 0.578. The number of pyridine rings is 1. The average molecular weight is 236 g/mol. The number of aryl methyl sites for hydroxylation is 1. The van der Waals surface area contributed by atoms with Crippen LogP contribution >= 0.6 is 0 Å². The van der Waals surface area contributed by atoms with E-state index in [9.17, 15) is 4.39 Å². The molecule has 0 unspecified atom stereocenters. The Morgan fingerprint density at radius 2 is 2.00 bits per heavy atom. The predicted octanol–water partition coefficient (Wildman–Crippen LogP) is 4.15. The highest BCUT2D eigenvalue weighted by Crippen LogP contribution is 2.26. The van der Waals surface area contributed by atoms with Crippen LogP contribution in [0, 0.1) is 18.8 Å². The van der Waals surface area contributed by atoms with Crippen LogP contribution in [0.1, 0.15) is 5.56 Å². The molecule has 0 saturated heterocycles. The van der Waals surface area contributed by atoms with E-state index in [1.807, 2.05) is 30.3 Å². The fraction of sp³-hybridized carbons (Fsp3) is 0.0625. The number of hydrogen-bond acceptors (Lipinski definition) is 1. The van der Waals surface area contributed by atoms with Crippen LogP contribution in [0.2, 0.25) is 0 Å².